The van der Waals surface area contributed by atoms with Crippen molar-refractivity contribution in [2.75, 3.05) is 0 Å². The van der Waals surface area contributed by atoms with E-state index in [0.717, 1.165) is 28.4 Å². The average Bonchev–Trinajstić information content (AvgIpc) is 2.75. The predicted octanol–water partition coefficient (Wildman–Crippen LogP) is 4.85. The smallest absolute Gasteiger partial charge is 0.171 e. The van der Waals surface area contributed by atoms with Gasteiger partial charge in [0.15, 0.2) is 5.82 Å². The van der Waals surface area contributed by atoms with Crippen molar-refractivity contribution in [3.8, 4) is 10.7 Å². The molecule has 0 saturated carbocycles. The highest BCUT2D eigenvalue weighted by Crippen LogP contribution is 2.30. The molecule has 2 aromatic heterocycles. The second kappa shape index (κ2) is 5.37. The van der Waals surface area contributed by atoms with E-state index in [0.29, 0.717) is 11.1 Å². The van der Waals surface area contributed by atoms with Gasteiger partial charge in [0.1, 0.15) is 5.15 Å². The highest BCUT2D eigenvalue weighted by atomic mass is 35.5. The minimum absolute atomic E-state index is 0.348. The van der Waals surface area contributed by atoms with Gasteiger partial charge in [-0.2, -0.15) is 0 Å². The van der Waals surface area contributed by atoms with Crippen molar-refractivity contribution >= 4 is 22.9 Å². The van der Waals surface area contributed by atoms with Gasteiger partial charge in [0.05, 0.1) is 4.88 Å². The highest BCUT2D eigenvalue weighted by Gasteiger charge is 2.14. The second-order valence-electron chi connectivity index (χ2n) is 4.61. The zero-order chi connectivity index (χ0) is 13.3. The maximum absolute atomic E-state index is 6.27. The maximum atomic E-state index is 6.27. The first-order chi connectivity index (χ1) is 8.52. The average molecular weight is 281 g/mol. The third-order valence-corrected chi connectivity index (χ3v) is 4.41. The Labute approximate surface area is 117 Å². The minimum Gasteiger partial charge on any atom is -0.232 e. The quantitative estimate of drug-likeness (QED) is 0.751. The van der Waals surface area contributed by atoms with Gasteiger partial charge in [0.2, 0.25) is 0 Å². The monoisotopic (exact) mass is 280 g/mol. The molecule has 96 valence electrons. The molecular weight excluding hydrogens is 264 g/mol. The Bertz CT molecular complexity index is 538. The van der Waals surface area contributed by atoms with Crippen molar-refractivity contribution in [2.45, 2.75) is 40.0 Å². The van der Waals surface area contributed by atoms with Crippen molar-refractivity contribution in [1.29, 1.82) is 0 Å². The summed E-state index contributed by atoms with van der Waals surface area (Å²) in [5.74, 6) is 1.09. The van der Waals surface area contributed by atoms with Crippen LogP contribution in [-0.4, -0.2) is 9.97 Å². The van der Waals surface area contributed by atoms with Gasteiger partial charge in [0, 0.05) is 16.1 Å². The fourth-order valence-electron chi connectivity index (χ4n) is 2.00. The maximum Gasteiger partial charge on any atom is 0.171 e. The Morgan fingerprint density at radius 2 is 2.00 bits per heavy atom. The van der Waals surface area contributed by atoms with Crippen LogP contribution in [0.4, 0.5) is 0 Å². The van der Waals surface area contributed by atoms with Gasteiger partial charge in [0.25, 0.3) is 0 Å². The fourth-order valence-corrected chi connectivity index (χ4v) is 3.32. The molecule has 0 atom stereocenters. The third-order valence-electron chi connectivity index (χ3n) is 2.90. The van der Waals surface area contributed by atoms with Crippen LogP contribution in [0.3, 0.4) is 0 Å². The van der Waals surface area contributed by atoms with E-state index in [1.807, 2.05) is 6.92 Å². The van der Waals surface area contributed by atoms with E-state index in [1.165, 1.54) is 4.88 Å². The number of nitrogens with zero attached hydrogens (tertiary/aromatic N) is 2. The Kier molecular flexibility index (Phi) is 4.03. The largest absolute Gasteiger partial charge is 0.232 e. The summed E-state index contributed by atoms with van der Waals surface area (Å²) in [4.78, 5) is 11.5. The molecular formula is C14H17ClN2S. The van der Waals surface area contributed by atoms with Gasteiger partial charge in [-0.3, -0.25) is 0 Å². The lowest BCUT2D eigenvalue weighted by atomic mass is 10.0. The molecule has 0 aromatic carbocycles. The first kappa shape index (κ1) is 13.5. The molecule has 0 radical (unpaired) electrons. The number of aryl methyl sites for hydroxylation is 2. The van der Waals surface area contributed by atoms with Crippen molar-refractivity contribution in [1.82, 2.24) is 9.97 Å². The first-order valence-corrected chi connectivity index (χ1v) is 7.35. The van der Waals surface area contributed by atoms with Crippen LogP contribution in [0.1, 0.15) is 42.8 Å². The molecule has 0 spiro atoms. The fraction of sp³-hybridized carbons (Fsp3) is 0.429. The molecule has 0 unspecified atom stereocenters. The van der Waals surface area contributed by atoms with Gasteiger partial charge in [-0.1, -0.05) is 32.4 Å². The van der Waals surface area contributed by atoms with E-state index in [-0.39, 0.29) is 0 Å². The summed E-state index contributed by atoms with van der Waals surface area (Å²) in [5, 5.41) is 0.582. The van der Waals surface area contributed by atoms with Gasteiger partial charge >= 0.3 is 0 Å². The minimum atomic E-state index is 0.348. The van der Waals surface area contributed by atoms with Gasteiger partial charge in [-0.15, -0.1) is 11.3 Å². The lowest BCUT2D eigenvalue weighted by Gasteiger charge is -2.11. The Morgan fingerprint density at radius 1 is 1.28 bits per heavy atom. The van der Waals surface area contributed by atoms with Crippen LogP contribution in [0.15, 0.2) is 12.1 Å². The lowest BCUT2D eigenvalue weighted by Crippen LogP contribution is -2.01. The van der Waals surface area contributed by atoms with Crippen LogP contribution in [0.25, 0.3) is 10.7 Å². The predicted molar refractivity (Wildman–Crippen MR) is 78.6 cm³/mol. The van der Waals surface area contributed by atoms with Crippen LogP contribution in [-0.2, 0) is 6.42 Å². The molecule has 2 aromatic rings. The summed E-state index contributed by atoms with van der Waals surface area (Å²) in [6, 6.07) is 4.20. The van der Waals surface area contributed by atoms with E-state index in [2.05, 4.69) is 42.9 Å². The van der Waals surface area contributed by atoms with Gasteiger partial charge in [-0.25, -0.2) is 9.97 Å². The summed E-state index contributed by atoms with van der Waals surface area (Å²) in [7, 11) is 0. The summed E-state index contributed by atoms with van der Waals surface area (Å²) in [5.41, 5.74) is 2.03. The number of hydrogen-bond acceptors (Lipinski definition) is 3. The van der Waals surface area contributed by atoms with Crippen LogP contribution >= 0.6 is 22.9 Å². The van der Waals surface area contributed by atoms with Crippen molar-refractivity contribution in [3.05, 3.63) is 33.4 Å². The van der Waals surface area contributed by atoms with Crippen molar-refractivity contribution < 1.29 is 0 Å². The number of rotatable bonds is 3. The third kappa shape index (κ3) is 2.57. The Hall–Kier alpha value is -0.930. The van der Waals surface area contributed by atoms with E-state index < -0.39 is 0 Å². The van der Waals surface area contributed by atoms with Crippen LogP contribution in [0.2, 0.25) is 5.15 Å². The molecule has 0 fully saturated rings. The Morgan fingerprint density at radius 3 is 2.50 bits per heavy atom. The van der Waals surface area contributed by atoms with Gasteiger partial charge < -0.3 is 0 Å². The topological polar surface area (TPSA) is 25.8 Å². The summed E-state index contributed by atoms with van der Waals surface area (Å²) in [6.45, 7) is 8.37. The number of thiophene rings is 1. The molecule has 0 aliphatic heterocycles. The summed E-state index contributed by atoms with van der Waals surface area (Å²) in [6.07, 6.45) is 1.04. The molecule has 0 aliphatic carbocycles. The number of halogens is 1. The van der Waals surface area contributed by atoms with Crippen LogP contribution < -0.4 is 0 Å². The van der Waals surface area contributed by atoms with E-state index in [4.69, 9.17) is 11.6 Å². The van der Waals surface area contributed by atoms with Crippen molar-refractivity contribution in [2.24, 2.45) is 0 Å². The molecule has 2 heterocycles. The van der Waals surface area contributed by atoms with Crippen LogP contribution in [0.5, 0.6) is 0 Å². The molecule has 18 heavy (non-hydrogen) atoms. The van der Waals surface area contributed by atoms with E-state index in [1.54, 1.807) is 11.3 Å². The SMILES string of the molecule is CCc1ccc(-c2nc(C)c(C(C)C)c(Cl)n2)s1. The molecule has 4 heteroatoms. The zero-order valence-electron chi connectivity index (χ0n) is 11.1. The molecule has 2 rings (SSSR count). The molecule has 0 N–H and O–H groups in total. The normalized spacial score (nSPS) is 11.2. The summed E-state index contributed by atoms with van der Waals surface area (Å²) < 4.78 is 0. The molecule has 0 amide bonds. The molecule has 2 nitrogen and oxygen atoms in total. The van der Waals surface area contributed by atoms with Crippen molar-refractivity contribution in [3.63, 3.8) is 0 Å². The Balaban J connectivity index is 2.47. The zero-order valence-corrected chi connectivity index (χ0v) is 12.7. The molecule has 0 saturated heterocycles. The first-order valence-electron chi connectivity index (χ1n) is 6.16. The molecule has 0 bridgehead atoms. The van der Waals surface area contributed by atoms with Crippen LogP contribution in [0, 0.1) is 6.92 Å². The number of aromatic nitrogens is 2. The molecule has 0 aliphatic rings. The second-order valence-corrected chi connectivity index (χ2v) is 6.14. The highest BCUT2D eigenvalue weighted by molar-refractivity contribution is 7.15. The standard InChI is InChI=1S/C14H17ClN2S/c1-5-10-6-7-11(18-10)14-16-9(4)12(8(2)3)13(15)17-14/h6-8H,5H2,1-4H3. The van der Waals surface area contributed by atoms with E-state index in [9.17, 15) is 0 Å². The number of hydrogen-bond donors (Lipinski definition) is 0. The van der Waals surface area contributed by atoms with E-state index >= 15 is 0 Å². The lowest BCUT2D eigenvalue weighted by molar-refractivity contribution is 0.831. The summed E-state index contributed by atoms with van der Waals surface area (Å²) >= 11 is 8.01. The van der Waals surface area contributed by atoms with Gasteiger partial charge in [-0.05, 0) is 31.4 Å².